The molecule has 122 valence electrons. The maximum Gasteiger partial charge on any atom is 0.147 e. The molecule has 1 N–H and O–H groups in total. The third-order valence-corrected chi connectivity index (χ3v) is 4.78. The highest BCUT2D eigenvalue weighted by Crippen LogP contribution is 2.39. The Kier molecular flexibility index (Phi) is 4.55. The van der Waals surface area contributed by atoms with Gasteiger partial charge in [-0.25, -0.2) is 18.4 Å². The average Bonchev–Trinajstić information content (AvgIpc) is 3.30. The molecule has 0 aliphatic heterocycles. The molecule has 1 heterocycles. The van der Waals surface area contributed by atoms with E-state index in [-0.39, 0.29) is 5.75 Å². The number of sulfone groups is 1. The van der Waals surface area contributed by atoms with Gasteiger partial charge in [0.15, 0.2) is 0 Å². The second-order valence-corrected chi connectivity index (χ2v) is 8.56. The van der Waals surface area contributed by atoms with Gasteiger partial charge in [-0.3, -0.25) is 0 Å². The number of anilines is 2. The van der Waals surface area contributed by atoms with E-state index >= 15 is 0 Å². The molecule has 1 aliphatic carbocycles. The summed E-state index contributed by atoms with van der Waals surface area (Å²) in [7, 11) is -2.94. The fourth-order valence-corrected chi connectivity index (χ4v) is 3.03. The first kappa shape index (κ1) is 16.2. The molecule has 0 bridgehead atoms. The quantitative estimate of drug-likeness (QED) is 0.808. The Balaban J connectivity index is 1.68. The van der Waals surface area contributed by atoms with Crippen molar-refractivity contribution in [2.24, 2.45) is 0 Å². The number of nitrogens with zero attached hydrogens (tertiary/aromatic N) is 2. The SMILES string of the molecule is CS(=O)(=O)CCc1ccc(Nc2cc(Cl)nc(C3CC3)n2)cc1. The monoisotopic (exact) mass is 351 g/mol. The van der Waals surface area contributed by atoms with Crippen molar-refractivity contribution in [3.63, 3.8) is 0 Å². The number of hydrogen-bond acceptors (Lipinski definition) is 5. The second-order valence-electron chi connectivity index (χ2n) is 5.91. The molecule has 5 nitrogen and oxygen atoms in total. The lowest BCUT2D eigenvalue weighted by Gasteiger charge is -2.08. The molecular weight excluding hydrogens is 334 g/mol. The van der Waals surface area contributed by atoms with Gasteiger partial charge in [0.25, 0.3) is 0 Å². The average molecular weight is 352 g/mol. The van der Waals surface area contributed by atoms with Crippen molar-refractivity contribution in [1.82, 2.24) is 9.97 Å². The number of aromatic nitrogens is 2. The van der Waals surface area contributed by atoms with E-state index in [4.69, 9.17) is 11.6 Å². The van der Waals surface area contributed by atoms with E-state index in [2.05, 4.69) is 15.3 Å². The van der Waals surface area contributed by atoms with E-state index in [1.54, 1.807) is 6.07 Å². The first-order valence-electron chi connectivity index (χ1n) is 7.47. The van der Waals surface area contributed by atoms with Crippen LogP contribution in [0.4, 0.5) is 11.5 Å². The number of aryl methyl sites for hydroxylation is 1. The van der Waals surface area contributed by atoms with Gasteiger partial charge in [0.05, 0.1) is 5.75 Å². The third kappa shape index (κ3) is 4.91. The van der Waals surface area contributed by atoms with Crippen LogP contribution >= 0.6 is 11.6 Å². The molecule has 3 rings (SSSR count). The molecule has 1 fully saturated rings. The lowest BCUT2D eigenvalue weighted by atomic mass is 10.1. The molecule has 0 radical (unpaired) electrons. The Labute approximate surface area is 141 Å². The Morgan fingerprint density at radius 1 is 1.22 bits per heavy atom. The summed E-state index contributed by atoms with van der Waals surface area (Å²) in [6, 6.07) is 9.34. The third-order valence-electron chi connectivity index (χ3n) is 3.64. The van der Waals surface area contributed by atoms with Crippen molar-refractivity contribution in [1.29, 1.82) is 0 Å². The van der Waals surface area contributed by atoms with Gasteiger partial charge in [0.1, 0.15) is 26.6 Å². The van der Waals surface area contributed by atoms with Crippen LogP contribution in [0.5, 0.6) is 0 Å². The van der Waals surface area contributed by atoms with Crippen molar-refractivity contribution in [3.05, 3.63) is 46.9 Å². The van der Waals surface area contributed by atoms with Crippen molar-refractivity contribution in [2.45, 2.75) is 25.2 Å². The maximum atomic E-state index is 11.2. The smallest absolute Gasteiger partial charge is 0.147 e. The van der Waals surface area contributed by atoms with E-state index in [0.717, 1.165) is 29.9 Å². The minimum Gasteiger partial charge on any atom is -0.340 e. The van der Waals surface area contributed by atoms with Crippen LogP contribution in [-0.4, -0.2) is 30.4 Å². The Hall–Kier alpha value is -1.66. The zero-order chi connectivity index (χ0) is 16.4. The fraction of sp³-hybridized carbons (Fsp3) is 0.375. The summed E-state index contributed by atoms with van der Waals surface area (Å²) >= 11 is 6.05. The number of nitrogens with one attached hydrogen (secondary N) is 1. The van der Waals surface area contributed by atoms with E-state index in [0.29, 0.717) is 23.3 Å². The molecule has 1 aromatic carbocycles. The highest BCUT2D eigenvalue weighted by molar-refractivity contribution is 7.90. The minimum atomic E-state index is -2.94. The second kappa shape index (κ2) is 6.45. The molecule has 7 heteroatoms. The van der Waals surface area contributed by atoms with Gasteiger partial charge in [0, 0.05) is 23.9 Å². The summed E-state index contributed by atoms with van der Waals surface area (Å²) in [5.74, 6) is 2.07. The minimum absolute atomic E-state index is 0.159. The number of benzene rings is 1. The van der Waals surface area contributed by atoms with Gasteiger partial charge in [-0.15, -0.1) is 0 Å². The molecule has 2 aromatic rings. The van der Waals surface area contributed by atoms with Crippen LogP contribution in [0.3, 0.4) is 0 Å². The van der Waals surface area contributed by atoms with E-state index in [9.17, 15) is 8.42 Å². The standard InChI is InChI=1S/C16H18ClN3O2S/c1-23(21,22)9-8-11-2-6-13(7-3-11)18-15-10-14(17)19-16(20-15)12-4-5-12/h2-3,6-7,10,12H,4-5,8-9H2,1H3,(H,18,19,20). The van der Waals surface area contributed by atoms with Crippen LogP contribution in [0, 0.1) is 0 Å². The van der Waals surface area contributed by atoms with Gasteiger partial charge in [-0.1, -0.05) is 23.7 Å². The zero-order valence-corrected chi connectivity index (χ0v) is 14.4. The molecule has 1 saturated carbocycles. The molecule has 0 unspecified atom stereocenters. The number of halogens is 1. The molecule has 0 amide bonds. The highest BCUT2D eigenvalue weighted by atomic mass is 35.5. The molecule has 0 atom stereocenters. The molecule has 0 spiro atoms. The fourth-order valence-electron chi connectivity index (χ4n) is 2.23. The maximum absolute atomic E-state index is 11.2. The summed E-state index contributed by atoms with van der Waals surface area (Å²) in [5, 5.41) is 3.65. The van der Waals surface area contributed by atoms with Crippen LogP contribution < -0.4 is 5.32 Å². The Morgan fingerprint density at radius 2 is 1.91 bits per heavy atom. The first-order chi connectivity index (χ1) is 10.9. The van der Waals surface area contributed by atoms with Gasteiger partial charge in [-0.05, 0) is 37.0 Å². The van der Waals surface area contributed by atoms with Crippen LogP contribution in [0.15, 0.2) is 30.3 Å². The van der Waals surface area contributed by atoms with Crippen LogP contribution in [0.25, 0.3) is 0 Å². The normalized spacial score (nSPS) is 14.7. The van der Waals surface area contributed by atoms with Gasteiger partial charge in [-0.2, -0.15) is 0 Å². The zero-order valence-electron chi connectivity index (χ0n) is 12.8. The number of rotatable bonds is 6. The van der Waals surface area contributed by atoms with E-state index in [1.807, 2.05) is 24.3 Å². The Morgan fingerprint density at radius 3 is 2.52 bits per heavy atom. The molecule has 1 aliphatic rings. The van der Waals surface area contributed by atoms with Gasteiger partial charge < -0.3 is 5.32 Å². The van der Waals surface area contributed by atoms with Crippen molar-refractivity contribution in [3.8, 4) is 0 Å². The van der Waals surface area contributed by atoms with Crippen molar-refractivity contribution < 1.29 is 8.42 Å². The van der Waals surface area contributed by atoms with E-state index < -0.39 is 9.84 Å². The molecule has 1 aromatic heterocycles. The summed E-state index contributed by atoms with van der Waals surface area (Å²) < 4.78 is 22.4. The molecule has 0 saturated heterocycles. The molecule has 23 heavy (non-hydrogen) atoms. The Bertz CT molecular complexity index is 803. The predicted molar refractivity (Wildman–Crippen MR) is 92.2 cm³/mol. The van der Waals surface area contributed by atoms with Crippen LogP contribution in [-0.2, 0) is 16.3 Å². The molecular formula is C16H18ClN3O2S. The van der Waals surface area contributed by atoms with E-state index in [1.165, 1.54) is 6.26 Å². The van der Waals surface area contributed by atoms with Crippen molar-refractivity contribution in [2.75, 3.05) is 17.3 Å². The summed E-state index contributed by atoms with van der Waals surface area (Å²) in [4.78, 5) is 8.75. The predicted octanol–water partition coefficient (Wildman–Crippen LogP) is 3.34. The summed E-state index contributed by atoms with van der Waals surface area (Å²) in [6.07, 6.45) is 4.01. The first-order valence-corrected chi connectivity index (χ1v) is 9.91. The van der Waals surface area contributed by atoms with Gasteiger partial charge >= 0.3 is 0 Å². The highest BCUT2D eigenvalue weighted by Gasteiger charge is 2.27. The summed E-state index contributed by atoms with van der Waals surface area (Å²) in [6.45, 7) is 0. The topological polar surface area (TPSA) is 72.0 Å². The van der Waals surface area contributed by atoms with Crippen LogP contribution in [0.1, 0.15) is 30.1 Å². The lowest BCUT2D eigenvalue weighted by molar-refractivity contribution is 0.601. The summed E-state index contributed by atoms with van der Waals surface area (Å²) in [5.41, 5.74) is 1.87. The van der Waals surface area contributed by atoms with Crippen LogP contribution in [0.2, 0.25) is 5.15 Å². The lowest BCUT2D eigenvalue weighted by Crippen LogP contribution is -2.05. The van der Waals surface area contributed by atoms with Crippen molar-refractivity contribution >= 4 is 32.9 Å². The van der Waals surface area contributed by atoms with Gasteiger partial charge in [0.2, 0.25) is 0 Å². The largest absolute Gasteiger partial charge is 0.340 e. The number of hydrogen-bond donors (Lipinski definition) is 1.